The molecule has 0 aromatic heterocycles. The maximum atomic E-state index is 13.6. The van der Waals surface area contributed by atoms with Crippen molar-refractivity contribution >= 4 is 55.5 Å². The third kappa shape index (κ3) is 8.86. The van der Waals surface area contributed by atoms with Crippen molar-refractivity contribution in [3.05, 3.63) is 158 Å². The van der Waals surface area contributed by atoms with Crippen LogP contribution < -0.4 is 0 Å². The zero-order valence-corrected chi connectivity index (χ0v) is 25.6. The Hall–Kier alpha value is -4.27. The van der Waals surface area contributed by atoms with Crippen LogP contribution in [0.3, 0.4) is 0 Å². The Morgan fingerprint density at radius 3 is 1.55 bits per heavy atom. The SMILES string of the molecule is C=C(C/C(C(=O)OCc1ccccc1)=C(/OC(=O)c1ccc(Br)cc1)c1ccc(Br)cc1)C(=O)OCc1ccccc1. The highest BCUT2D eigenvalue weighted by molar-refractivity contribution is 9.10. The predicted octanol–water partition coefficient (Wildman–Crippen LogP) is 8.21. The van der Waals surface area contributed by atoms with Crippen LogP contribution in [0.25, 0.3) is 5.76 Å². The van der Waals surface area contributed by atoms with E-state index in [0.717, 1.165) is 20.1 Å². The first kappa shape index (κ1) is 30.7. The molecule has 4 aromatic rings. The summed E-state index contributed by atoms with van der Waals surface area (Å²) in [6.45, 7) is 3.89. The molecule has 0 fully saturated rings. The number of carbonyl (C=O) groups is 3. The average molecular weight is 690 g/mol. The molecule has 0 bridgehead atoms. The molecule has 212 valence electrons. The summed E-state index contributed by atoms with van der Waals surface area (Å²) in [5.41, 5.74) is 2.21. The Balaban J connectivity index is 1.68. The van der Waals surface area contributed by atoms with Crippen LogP contribution in [-0.2, 0) is 37.0 Å². The molecule has 8 heteroatoms. The highest BCUT2D eigenvalue weighted by atomic mass is 79.9. The zero-order valence-electron chi connectivity index (χ0n) is 22.4. The van der Waals surface area contributed by atoms with Gasteiger partial charge >= 0.3 is 17.9 Å². The fraction of sp³-hybridized carbons (Fsp3) is 0.0882. The van der Waals surface area contributed by atoms with Crippen molar-refractivity contribution in [2.24, 2.45) is 0 Å². The molecule has 0 spiro atoms. The Morgan fingerprint density at radius 1 is 0.595 bits per heavy atom. The third-order valence-electron chi connectivity index (χ3n) is 6.01. The monoisotopic (exact) mass is 688 g/mol. The zero-order chi connectivity index (χ0) is 29.9. The van der Waals surface area contributed by atoms with Crippen LogP contribution in [-0.4, -0.2) is 17.9 Å². The van der Waals surface area contributed by atoms with Crippen molar-refractivity contribution in [2.45, 2.75) is 19.6 Å². The van der Waals surface area contributed by atoms with E-state index in [1.54, 1.807) is 48.5 Å². The van der Waals surface area contributed by atoms with Gasteiger partial charge in [-0.1, -0.05) is 111 Å². The van der Waals surface area contributed by atoms with Crippen molar-refractivity contribution in [1.29, 1.82) is 0 Å². The van der Waals surface area contributed by atoms with Gasteiger partial charge in [-0.15, -0.1) is 0 Å². The van der Waals surface area contributed by atoms with Crippen molar-refractivity contribution in [1.82, 2.24) is 0 Å². The van der Waals surface area contributed by atoms with E-state index in [2.05, 4.69) is 38.4 Å². The molecule has 0 aliphatic heterocycles. The quantitative estimate of drug-likeness (QED) is 0.0684. The maximum absolute atomic E-state index is 13.6. The van der Waals surface area contributed by atoms with Gasteiger partial charge in [-0.05, 0) is 47.5 Å². The van der Waals surface area contributed by atoms with Crippen LogP contribution in [0.5, 0.6) is 0 Å². The van der Waals surface area contributed by atoms with Crippen LogP contribution in [0, 0.1) is 0 Å². The lowest BCUT2D eigenvalue weighted by Gasteiger charge is -2.17. The number of rotatable bonds is 11. The molecule has 0 saturated heterocycles. The molecule has 0 aliphatic rings. The summed E-state index contributed by atoms with van der Waals surface area (Å²) in [5, 5.41) is 0. The van der Waals surface area contributed by atoms with Gasteiger partial charge in [-0.3, -0.25) is 0 Å². The Labute approximate surface area is 260 Å². The molecule has 0 saturated carbocycles. The number of hydrogen-bond donors (Lipinski definition) is 0. The lowest BCUT2D eigenvalue weighted by atomic mass is 10.0. The van der Waals surface area contributed by atoms with Gasteiger partial charge in [-0.25, -0.2) is 14.4 Å². The highest BCUT2D eigenvalue weighted by Crippen LogP contribution is 2.29. The largest absolute Gasteiger partial charge is 0.457 e. The summed E-state index contributed by atoms with van der Waals surface area (Å²) in [6.07, 6.45) is -0.278. The van der Waals surface area contributed by atoms with Crippen molar-refractivity contribution in [2.75, 3.05) is 0 Å². The number of esters is 3. The van der Waals surface area contributed by atoms with Crippen molar-refractivity contribution < 1.29 is 28.6 Å². The summed E-state index contributed by atoms with van der Waals surface area (Å²) >= 11 is 6.76. The van der Waals surface area contributed by atoms with Gasteiger partial charge in [0.25, 0.3) is 0 Å². The second-order valence-electron chi connectivity index (χ2n) is 9.11. The van der Waals surface area contributed by atoms with Crippen LogP contribution in [0.2, 0.25) is 0 Å². The maximum Gasteiger partial charge on any atom is 0.343 e. The van der Waals surface area contributed by atoms with E-state index < -0.39 is 17.9 Å². The molecule has 6 nitrogen and oxygen atoms in total. The third-order valence-corrected chi connectivity index (χ3v) is 7.06. The van der Waals surface area contributed by atoms with Crippen LogP contribution in [0.4, 0.5) is 0 Å². The van der Waals surface area contributed by atoms with Gasteiger partial charge in [0.15, 0.2) is 0 Å². The minimum atomic E-state index is -0.766. The summed E-state index contributed by atoms with van der Waals surface area (Å²) < 4.78 is 18.5. The van der Waals surface area contributed by atoms with Crippen LogP contribution in [0.15, 0.2) is 136 Å². The molecule has 0 radical (unpaired) electrons. The number of halogens is 2. The van der Waals surface area contributed by atoms with Gasteiger partial charge in [-0.2, -0.15) is 0 Å². The smallest absolute Gasteiger partial charge is 0.343 e. The molecular weight excluding hydrogens is 664 g/mol. The predicted molar refractivity (Wildman–Crippen MR) is 167 cm³/mol. The second-order valence-corrected chi connectivity index (χ2v) is 10.9. The molecule has 4 aromatic carbocycles. The molecular formula is C34H26Br2O6. The lowest BCUT2D eigenvalue weighted by Crippen LogP contribution is -2.17. The van der Waals surface area contributed by atoms with Crippen LogP contribution >= 0.6 is 31.9 Å². The Kier molecular flexibility index (Phi) is 11.0. The van der Waals surface area contributed by atoms with E-state index >= 15 is 0 Å². The average Bonchev–Trinajstić information content (AvgIpc) is 3.02. The van der Waals surface area contributed by atoms with E-state index in [1.165, 1.54) is 0 Å². The Morgan fingerprint density at radius 2 is 1.05 bits per heavy atom. The fourth-order valence-corrected chi connectivity index (χ4v) is 4.33. The molecule has 0 heterocycles. The topological polar surface area (TPSA) is 78.9 Å². The van der Waals surface area contributed by atoms with Gasteiger partial charge < -0.3 is 14.2 Å². The van der Waals surface area contributed by atoms with E-state index in [9.17, 15) is 14.4 Å². The van der Waals surface area contributed by atoms with Crippen molar-refractivity contribution in [3.63, 3.8) is 0 Å². The van der Waals surface area contributed by atoms with Gasteiger partial charge in [0.05, 0.1) is 11.1 Å². The normalized spacial score (nSPS) is 11.2. The molecule has 0 amide bonds. The fourth-order valence-electron chi connectivity index (χ4n) is 3.80. The Bertz CT molecular complexity index is 1580. The number of carbonyl (C=O) groups excluding carboxylic acids is 3. The van der Waals surface area contributed by atoms with Gasteiger partial charge in [0.1, 0.15) is 19.0 Å². The van der Waals surface area contributed by atoms with E-state index in [4.69, 9.17) is 14.2 Å². The molecule has 0 unspecified atom stereocenters. The summed E-state index contributed by atoms with van der Waals surface area (Å²) in [7, 11) is 0. The van der Waals surface area contributed by atoms with Crippen LogP contribution in [0.1, 0.15) is 33.5 Å². The molecule has 42 heavy (non-hydrogen) atoms. The van der Waals surface area contributed by atoms with E-state index in [0.29, 0.717) is 5.56 Å². The summed E-state index contributed by atoms with van der Waals surface area (Å²) in [5.74, 6) is -2.20. The second kappa shape index (κ2) is 15.1. The first-order valence-corrected chi connectivity index (χ1v) is 14.5. The molecule has 0 aliphatic carbocycles. The number of ether oxygens (including phenoxy) is 3. The number of hydrogen-bond acceptors (Lipinski definition) is 6. The van der Waals surface area contributed by atoms with Gasteiger partial charge in [0, 0.05) is 26.5 Å². The minimum absolute atomic E-state index is 0.00751. The highest BCUT2D eigenvalue weighted by Gasteiger charge is 2.26. The van der Waals surface area contributed by atoms with Gasteiger partial charge in [0.2, 0.25) is 0 Å². The first-order valence-electron chi connectivity index (χ1n) is 12.9. The lowest BCUT2D eigenvalue weighted by molar-refractivity contribution is -0.140. The summed E-state index contributed by atoms with van der Waals surface area (Å²) in [4.78, 5) is 39.8. The van der Waals surface area contributed by atoms with E-state index in [-0.39, 0.29) is 42.1 Å². The molecule has 0 N–H and O–H groups in total. The number of benzene rings is 4. The van der Waals surface area contributed by atoms with Crippen molar-refractivity contribution in [3.8, 4) is 0 Å². The standard InChI is InChI=1S/C34H26Br2O6/c1-23(32(37)40-21-24-8-4-2-5-9-24)20-30(34(39)41-22-25-10-6-3-7-11-25)31(26-12-16-28(35)17-13-26)42-33(38)27-14-18-29(36)19-15-27/h2-19H,1,20-22H2/b31-30-. The molecule has 0 atom stereocenters. The van der Waals surface area contributed by atoms with E-state index in [1.807, 2.05) is 60.7 Å². The summed E-state index contributed by atoms with van der Waals surface area (Å²) in [6, 6.07) is 31.8. The molecule has 4 rings (SSSR count). The first-order chi connectivity index (χ1) is 20.3. The minimum Gasteiger partial charge on any atom is -0.457 e.